The molecular weight excluding hydrogens is 367 g/mol. The molecule has 0 bridgehead atoms. The van der Waals surface area contributed by atoms with E-state index in [4.69, 9.17) is 0 Å². The SMILES string of the molecule is CCNC(c1csc(I)c1)c1cc(F)ccc1F. The number of thiophene rings is 1. The quantitative estimate of drug-likeness (QED) is 0.780. The summed E-state index contributed by atoms with van der Waals surface area (Å²) < 4.78 is 28.2. The van der Waals surface area contributed by atoms with E-state index in [1.54, 1.807) is 11.3 Å². The first-order chi connectivity index (χ1) is 8.61. The van der Waals surface area contributed by atoms with Gasteiger partial charge in [-0.15, -0.1) is 11.3 Å². The Balaban J connectivity index is 2.44. The van der Waals surface area contributed by atoms with Crippen LogP contribution < -0.4 is 5.32 Å². The van der Waals surface area contributed by atoms with Gasteiger partial charge in [0.15, 0.2) is 0 Å². The Morgan fingerprint density at radius 2 is 2.11 bits per heavy atom. The summed E-state index contributed by atoms with van der Waals surface area (Å²) in [7, 11) is 0. The molecule has 0 fully saturated rings. The van der Waals surface area contributed by atoms with Gasteiger partial charge in [-0.3, -0.25) is 0 Å². The first kappa shape index (κ1) is 13.9. The van der Waals surface area contributed by atoms with Gasteiger partial charge in [0.25, 0.3) is 0 Å². The summed E-state index contributed by atoms with van der Waals surface area (Å²) in [5.41, 5.74) is 1.32. The zero-order valence-corrected chi connectivity index (χ0v) is 12.7. The minimum atomic E-state index is -0.417. The molecule has 0 saturated heterocycles. The van der Waals surface area contributed by atoms with Crippen LogP contribution in [0.25, 0.3) is 0 Å². The molecule has 5 heteroatoms. The summed E-state index contributed by atoms with van der Waals surface area (Å²) in [5, 5.41) is 5.16. The lowest BCUT2D eigenvalue weighted by atomic mass is 10.0. The van der Waals surface area contributed by atoms with Gasteiger partial charge in [0, 0.05) is 5.56 Å². The molecule has 1 nitrogen and oxygen atoms in total. The van der Waals surface area contributed by atoms with Crippen LogP contribution >= 0.6 is 33.9 Å². The number of nitrogens with one attached hydrogen (secondary N) is 1. The number of hydrogen-bond acceptors (Lipinski definition) is 2. The number of rotatable bonds is 4. The van der Waals surface area contributed by atoms with E-state index in [9.17, 15) is 8.78 Å². The highest BCUT2D eigenvalue weighted by molar-refractivity contribution is 14.1. The predicted octanol–water partition coefficient (Wildman–Crippen LogP) is 4.33. The Labute approximate surface area is 122 Å². The maximum atomic E-state index is 13.8. The van der Waals surface area contributed by atoms with Gasteiger partial charge in [0.1, 0.15) is 11.6 Å². The maximum absolute atomic E-state index is 13.8. The van der Waals surface area contributed by atoms with Crippen LogP contribution in [0.2, 0.25) is 0 Å². The van der Waals surface area contributed by atoms with Crippen molar-refractivity contribution in [3.8, 4) is 0 Å². The smallest absolute Gasteiger partial charge is 0.128 e. The summed E-state index contributed by atoms with van der Waals surface area (Å²) in [5.74, 6) is -0.803. The molecule has 0 amide bonds. The molecule has 2 rings (SSSR count). The molecule has 18 heavy (non-hydrogen) atoms. The molecule has 0 aliphatic carbocycles. The molecule has 1 N–H and O–H groups in total. The topological polar surface area (TPSA) is 12.0 Å². The van der Waals surface area contributed by atoms with Crippen LogP contribution in [0, 0.1) is 14.5 Å². The number of halogens is 3. The Morgan fingerprint density at radius 1 is 1.33 bits per heavy atom. The Hall–Kier alpha value is -0.530. The van der Waals surface area contributed by atoms with E-state index in [1.807, 2.05) is 18.4 Å². The van der Waals surface area contributed by atoms with E-state index in [0.29, 0.717) is 12.1 Å². The van der Waals surface area contributed by atoms with E-state index < -0.39 is 5.82 Å². The van der Waals surface area contributed by atoms with Gasteiger partial charge in [0.05, 0.1) is 8.93 Å². The van der Waals surface area contributed by atoms with Crippen molar-refractivity contribution < 1.29 is 8.78 Å². The van der Waals surface area contributed by atoms with E-state index in [2.05, 4.69) is 27.9 Å². The first-order valence-corrected chi connectivity index (χ1v) is 7.50. The molecule has 96 valence electrons. The minimum Gasteiger partial charge on any atom is -0.306 e. The van der Waals surface area contributed by atoms with Crippen LogP contribution in [0.3, 0.4) is 0 Å². The van der Waals surface area contributed by atoms with Crippen molar-refractivity contribution in [1.82, 2.24) is 5.32 Å². The third-order valence-corrected chi connectivity index (χ3v) is 4.41. The van der Waals surface area contributed by atoms with Crippen LogP contribution in [0.4, 0.5) is 8.78 Å². The second kappa shape index (κ2) is 6.08. The molecule has 1 unspecified atom stereocenters. The van der Waals surface area contributed by atoms with Crippen molar-refractivity contribution in [2.45, 2.75) is 13.0 Å². The van der Waals surface area contributed by atoms with Crippen molar-refractivity contribution in [2.24, 2.45) is 0 Å². The maximum Gasteiger partial charge on any atom is 0.128 e. The summed E-state index contributed by atoms with van der Waals surface area (Å²) >= 11 is 3.81. The highest BCUT2D eigenvalue weighted by Crippen LogP contribution is 2.29. The molecule has 0 saturated carbocycles. The summed E-state index contributed by atoms with van der Waals surface area (Å²) in [4.78, 5) is 0. The van der Waals surface area contributed by atoms with Crippen LogP contribution in [-0.2, 0) is 0 Å². The highest BCUT2D eigenvalue weighted by Gasteiger charge is 2.18. The van der Waals surface area contributed by atoms with Crippen LogP contribution in [0.5, 0.6) is 0 Å². The van der Waals surface area contributed by atoms with Crippen molar-refractivity contribution in [1.29, 1.82) is 0 Å². The molecule has 1 heterocycles. The van der Waals surface area contributed by atoms with E-state index in [1.165, 1.54) is 12.1 Å². The van der Waals surface area contributed by atoms with Crippen molar-refractivity contribution >= 4 is 33.9 Å². The number of benzene rings is 1. The van der Waals surface area contributed by atoms with Crippen molar-refractivity contribution in [2.75, 3.05) is 6.54 Å². The summed E-state index contributed by atoms with van der Waals surface area (Å²) in [6.07, 6.45) is 0. The normalized spacial score (nSPS) is 12.7. The minimum absolute atomic E-state index is 0.300. The Morgan fingerprint density at radius 3 is 2.72 bits per heavy atom. The lowest BCUT2D eigenvalue weighted by Crippen LogP contribution is -2.22. The van der Waals surface area contributed by atoms with Gasteiger partial charge < -0.3 is 5.32 Å². The van der Waals surface area contributed by atoms with Crippen molar-refractivity contribution in [3.63, 3.8) is 0 Å². The highest BCUT2D eigenvalue weighted by atomic mass is 127. The monoisotopic (exact) mass is 379 g/mol. The second-order valence-electron chi connectivity index (χ2n) is 3.84. The first-order valence-electron chi connectivity index (χ1n) is 5.54. The second-order valence-corrected chi connectivity index (χ2v) is 6.65. The molecule has 1 atom stereocenters. The largest absolute Gasteiger partial charge is 0.306 e. The van der Waals surface area contributed by atoms with Gasteiger partial charge in [0.2, 0.25) is 0 Å². The van der Waals surface area contributed by atoms with Gasteiger partial charge >= 0.3 is 0 Å². The molecule has 0 spiro atoms. The lowest BCUT2D eigenvalue weighted by Gasteiger charge is -2.18. The van der Waals surface area contributed by atoms with Gasteiger partial charge in [-0.05, 0) is 64.3 Å². The van der Waals surface area contributed by atoms with Gasteiger partial charge in [-0.25, -0.2) is 8.78 Å². The molecule has 0 radical (unpaired) electrons. The zero-order valence-electron chi connectivity index (χ0n) is 9.71. The standard InChI is InChI=1S/C13H12F2INS/c1-2-17-13(8-5-12(16)18-7-8)10-6-9(14)3-4-11(10)15/h3-7,13,17H,2H2,1H3. The summed E-state index contributed by atoms with van der Waals surface area (Å²) in [6, 6.07) is 5.26. The number of hydrogen-bond donors (Lipinski definition) is 1. The third-order valence-electron chi connectivity index (χ3n) is 2.60. The predicted molar refractivity (Wildman–Crippen MR) is 78.9 cm³/mol. The fourth-order valence-electron chi connectivity index (χ4n) is 1.82. The molecule has 0 aliphatic rings. The average Bonchev–Trinajstić information content (AvgIpc) is 2.76. The molecule has 1 aromatic carbocycles. The zero-order chi connectivity index (χ0) is 13.1. The lowest BCUT2D eigenvalue weighted by molar-refractivity contribution is 0.545. The van der Waals surface area contributed by atoms with Gasteiger partial charge in [-0.2, -0.15) is 0 Å². The van der Waals surface area contributed by atoms with E-state index in [0.717, 1.165) is 14.5 Å². The van der Waals surface area contributed by atoms with E-state index >= 15 is 0 Å². The molecule has 2 aromatic rings. The molecule has 1 aromatic heterocycles. The van der Waals surface area contributed by atoms with Crippen LogP contribution in [-0.4, -0.2) is 6.54 Å². The Kier molecular flexibility index (Phi) is 4.69. The van der Waals surface area contributed by atoms with Gasteiger partial charge in [-0.1, -0.05) is 6.92 Å². The van der Waals surface area contributed by atoms with Crippen molar-refractivity contribution in [3.05, 3.63) is 55.3 Å². The fraction of sp³-hybridized carbons (Fsp3) is 0.231. The van der Waals surface area contributed by atoms with E-state index in [-0.39, 0.29) is 11.9 Å². The van der Waals surface area contributed by atoms with Crippen LogP contribution in [0.1, 0.15) is 24.1 Å². The Bertz CT molecular complexity index is 542. The van der Waals surface area contributed by atoms with Crippen LogP contribution in [0.15, 0.2) is 29.6 Å². The molecule has 0 aliphatic heterocycles. The summed E-state index contributed by atoms with van der Waals surface area (Å²) in [6.45, 7) is 2.63. The fourth-order valence-corrected chi connectivity index (χ4v) is 3.22. The average molecular weight is 379 g/mol. The molecular formula is C13H12F2INS. The third kappa shape index (κ3) is 3.07.